The number of hydrogen-bond donors (Lipinski definition) is 1. The van der Waals surface area contributed by atoms with E-state index in [2.05, 4.69) is 4.98 Å². The van der Waals surface area contributed by atoms with E-state index in [0.717, 1.165) is 32.9 Å². The van der Waals surface area contributed by atoms with Crippen LogP contribution in [0, 0.1) is 10.1 Å². The van der Waals surface area contributed by atoms with Gasteiger partial charge in [0.1, 0.15) is 0 Å². The van der Waals surface area contributed by atoms with Crippen molar-refractivity contribution in [3.63, 3.8) is 0 Å². The highest BCUT2D eigenvalue weighted by atomic mass is 16.6. The molecule has 0 amide bonds. The largest absolute Gasteiger partial charge is 0.361 e. The third-order valence-electron chi connectivity index (χ3n) is 4.86. The molecule has 5 heteroatoms. The van der Waals surface area contributed by atoms with Crippen LogP contribution in [0.1, 0.15) is 11.1 Å². The van der Waals surface area contributed by atoms with Crippen LogP contribution in [0.3, 0.4) is 0 Å². The van der Waals surface area contributed by atoms with Crippen molar-refractivity contribution in [3.8, 4) is 0 Å². The first-order valence-corrected chi connectivity index (χ1v) is 8.35. The van der Waals surface area contributed by atoms with E-state index in [1.165, 1.54) is 0 Å². The van der Waals surface area contributed by atoms with E-state index in [1.807, 2.05) is 72.5 Å². The van der Waals surface area contributed by atoms with Crippen molar-refractivity contribution < 1.29 is 4.92 Å². The number of para-hydroxylation sites is 2. The SMILES string of the molecule is Cn1cc(CC(Cc2c[nH]c3ccccc23)[N+](=O)[O-])c2ccccc21. The molecule has 25 heavy (non-hydrogen) atoms. The second kappa shape index (κ2) is 6.09. The number of nitro groups is 1. The van der Waals surface area contributed by atoms with Gasteiger partial charge in [0.05, 0.1) is 0 Å². The number of aryl methyl sites for hydroxylation is 1. The Bertz CT molecular complexity index is 1060. The summed E-state index contributed by atoms with van der Waals surface area (Å²) in [7, 11) is 1.98. The fourth-order valence-corrected chi connectivity index (χ4v) is 3.62. The Labute approximate surface area is 145 Å². The Morgan fingerprint density at radius 1 is 1.04 bits per heavy atom. The van der Waals surface area contributed by atoms with Gasteiger partial charge in [-0.05, 0) is 23.3 Å². The Kier molecular flexibility index (Phi) is 3.76. The van der Waals surface area contributed by atoms with Crippen molar-refractivity contribution in [2.45, 2.75) is 18.9 Å². The maximum Gasteiger partial charge on any atom is 0.221 e. The molecule has 5 nitrogen and oxygen atoms in total. The minimum atomic E-state index is -0.648. The Morgan fingerprint density at radius 2 is 1.72 bits per heavy atom. The number of hydrogen-bond acceptors (Lipinski definition) is 2. The van der Waals surface area contributed by atoms with E-state index in [1.54, 1.807) is 0 Å². The molecule has 0 saturated carbocycles. The van der Waals surface area contributed by atoms with Crippen LogP contribution in [-0.4, -0.2) is 20.5 Å². The first-order chi connectivity index (χ1) is 12.1. The molecule has 0 aliphatic heterocycles. The van der Waals surface area contributed by atoms with Crippen LogP contribution in [0.25, 0.3) is 21.8 Å². The smallest absolute Gasteiger partial charge is 0.221 e. The van der Waals surface area contributed by atoms with Crippen molar-refractivity contribution >= 4 is 21.8 Å². The van der Waals surface area contributed by atoms with Crippen LogP contribution in [0.15, 0.2) is 60.9 Å². The quantitative estimate of drug-likeness (QED) is 0.441. The monoisotopic (exact) mass is 333 g/mol. The van der Waals surface area contributed by atoms with Crippen molar-refractivity contribution in [1.29, 1.82) is 0 Å². The van der Waals surface area contributed by atoms with Gasteiger partial charge < -0.3 is 9.55 Å². The van der Waals surface area contributed by atoms with Gasteiger partial charge in [-0.25, -0.2) is 0 Å². The summed E-state index contributed by atoms with van der Waals surface area (Å²) in [6.45, 7) is 0. The zero-order valence-electron chi connectivity index (χ0n) is 14.0. The summed E-state index contributed by atoms with van der Waals surface area (Å²) in [5.74, 6) is 0. The van der Waals surface area contributed by atoms with Crippen molar-refractivity contribution in [1.82, 2.24) is 9.55 Å². The van der Waals surface area contributed by atoms with Crippen LogP contribution < -0.4 is 0 Å². The summed E-state index contributed by atoms with van der Waals surface area (Å²) in [4.78, 5) is 14.8. The van der Waals surface area contributed by atoms with Crippen molar-refractivity contribution in [2.75, 3.05) is 0 Å². The summed E-state index contributed by atoms with van der Waals surface area (Å²) in [6.07, 6.45) is 4.74. The third-order valence-corrected chi connectivity index (χ3v) is 4.86. The number of aromatic amines is 1. The second-order valence-corrected chi connectivity index (χ2v) is 6.49. The molecule has 1 atom stereocenters. The van der Waals surface area contributed by atoms with Crippen LogP contribution in [-0.2, 0) is 19.9 Å². The Hall–Kier alpha value is -3.08. The third kappa shape index (κ3) is 2.78. The average Bonchev–Trinajstić information content (AvgIpc) is 3.17. The highest BCUT2D eigenvalue weighted by Gasteiger charge is 2.24. The highest BCUT2D eigenvalue weighted by molar-refractivity contribution is 5.84. The van der Waals surface area contributed by atoms with E-state index in [0.29, 0.717) is 12.8 Å². The lowest BCUT2D eigenvalue weighted by Crippen LogP contribution is -2.24. The van der Waals surface area contributed by atoms with Gasteiger partial charge in [0.15, 0.2) is 0 Å². The molecule has 1 N–H and O–H groups in total. The lowest BCUT2D eigenvalue weighted by atomic mass is 9.99. The van der Waals surface area contributed by atoms with Gasteiger partial charge >= 0.3 is 0 Å². The number of nitrogens with zero attached hydrogens (tertiary/aromatic N) is 2. The zero-order valence-corrected chi connectivity index (χ0v) is 14.0. The summed E-state index contributed by atoms with van der Waals surface area (Å²) >= 11 is 0. The molecule has 0 saturated heterocycles. The molecular formula is C20H19N3O2. The van der Waals surface area contributed by atoms with Gasteiger partial charge in [-0.3, -0.25) is 10.1 Å². The molecule has 1 unspecified atom stereocenters. The summed E-state index contributed by atoms with van der Waals surface area (Å²) in [5, 5.41) is 13.9. The maximum absolute atomic E-state index is 11.7. The molecule has 0 aliphatic carbocycles. The van der Waals surface area contributed by atoms with Crippen LogP contribution in [0.5, 0.6) is 0 Å². The molecule has 126 valence electrons. The normalized spacial score (nSPS) is 12.7. The van der Waals surface area contributed by atoms with Crippen LogP contribution in [0.2, 0.25) is 0 Å². The molecule has 0 bridgehead atoms. The van der Waals surface area contributed by atoms with E-state index >= 15 is 0 Å². The molecule has 0 fully saturated rings. The first-order valence-electron chi connectivity index (χ1n) is 8.35. The average molecular weight is 333 g/mol. The molecule has 2 heterocycles. The number of benzene rings is 2. The van der Waals surface area contributed by atoms with Gasteiger partial charge in [-0.15, -0.1) is 0 Å². The number of fused-ring (bicyclic) bond motifs is 2. The summed E-state index contributed by atoms with van der Waals surface area (Å²) in [6, 6.07) is 15.3. The zero-order chi connectivity index (χ0) is 17.4. The number of rotatable bonds is 5. The minimum Gasteiger partial charge on any atom is -0.361 e. The van der Waals surface area contributed by atoms with E-state index in [4.69, 9.17) is 0 Å². The van der Waals surface area contributed by atoms with Crippen LogP contribution in [0.4, 0.5) is 0 Å². The van der Waals surface area contributed by atoms with Gasteiger partial charge in [-0.1, -0.05) is 36.4 Å². The summed E-state index contributed by atoms with van der Waals surface area (Å²) < 4.78 is 2.04. The molecule has 2 aromatic carbocycles. The molecule has 0 aliphatic rings. The number of H-pyrrole nitrogens is 1. The predicted molar refractivity (Wildman–Crippen MR) is 99.4 cm³/mol. The van der Waals surface area contributed by atoms with E-state index < -0.39 is 6.04 Å². The molecule has 4 aromatic rings. The maximum atomic E-state index is 11.7. The topological polar surface area (TPSA) is 63.9 Å². The molecule has 0 spiro atoms. The lowest BCUT2D eigenvalue weighted by molar-refractivity contribution is -0.521. The molecule has 2 aromatic heterocycles. The fraction of sp³-hybridized carbons (Fsp3) is 0.200. The summed E-state index contributed by atoms with van der Waals surface area (Å²) in [5.41, 5.74) is 4.15. The Balaban J connectivity index is 1.67. The van der Waals surface area contributed by atoms with Crippen LogP contribution >= 0.6 is 0 Å². The number of aromatic nitrogens is 2. The van der Waals surface area contributed by atoms with Crippen molar-refractivity contribution in [2.24, 2.45) is 7.05 Å². The van der Waals surface area contributed by atoms with E-state index in [9.17, 15) is 10.1 Å². The standard InChI is InChI=1S/C20H19N3O2/c1-22-13-15(18-7-3-5-9-20(18)22)11-16(23(24)25)10-14-12-21-19-8-4-2-6-17(14)19/h2-9,12-13,16,21H,10-11H2,1H3. The van der Waals surface area contributed by atoms with Crippen molar-refractivity contribution in [3.05, 3.63) is 82.2 Å². The van der Waals surface area contributed by atoms with E-state index in [-0.39, 0.29) is 4.92 Å². The predicted octanol–water partition coefficient (Wildman–Crippen LogP) is 4.09. The highest BCUT2D eigenvalue weighted by Crippen LogP contribution is 2.25. The second-order valence-electron chi connectivity index (χ2n) is 6.49. The Morgan fingerprint density at radius 3 is 2.52 bits per heavy atom. The molecular weight excluding hydrogens is 314 g/mol. The number of nitrogens with one attached hydrogen (secondary N) is 1. The molecule has 0 radical (unpaired) electrons. The van der Waals surface area contributed by atoms with Gasteiger partial charge in [0, 0.05) is 59.0 Å². The van der Waals surface area contributed by atoms with Gasteiger partial charge in [-0.2, -0.15) is 0 Å². The lowest BCUT2D eigenvalue weighted by Gasteiger charge is -2.09. The molecule has 4 rings (SSSR count). The van der Waals surface area contributed by atoms with Gasteiger partial charge in [0.2, 0.25) is 6.04 Å². The fourth-order valence-electron chi connectivity index (χ4n) is 3.62. The van der Waals surface area contributed by atoms with Gasteiger partial charge in [0.25, 0.3) is 0 Å². The minimum absolute atomic E-state index is 0.149. The first kappa shape index (κ1) is 15.4.